The van der Waals surface area contributed by atoms with E-state index >= 15 is 0 Å². The molecular weight excluding hydrogens is 324 g/mol. The van der Waals surface area contributed by atoms with Gasteiger partial charge in [-0.15, -0.1) is 11.3 Å². The van der Waals surface area contributed by atoms with Crippen LogP contribution in [0.15, 0.2) is 5.38 Å². The molecule has 0 spiro atoms. The number of urea groups is 1. The molecule has 1 aliphatic heterocycles. The second kappa shape index (κ2) is 8.44. The van der Waals surface area contributed by atoms with Gasteiger partial charge < -0.3 is 20.1 Å². The zero-order valence-electron chi connectivity index (χ0n) is 12.4. The van der Waals surface area contributed by atoms with Crippen molar-refractivity contribution in [3.8, 4) is 0 Å². The molecule has 0 bridgehead atoms. The van der Waals surface area contributed by atoms with E-state index in [0.29, 0.717) is 37.1 Å². The third-order valence-corrected chi connectivity index (χ3v) is 3.87. The van der Waals surface area contributed by atoms with Gasteiger partial charge in [0.25, 0.3) is 0 Å². The zero-order chi connectivity index (χ0) is 16.7. The van der Waals surface area contributed by atoms with E-state index < -0.39 is 5.97 Å². The Morgan fingerprint density at radius 2 is 2.09 bits per heavy atom. The number of rotatable bonds is 6. The van der Waals surface area contributed by atoms with Crippen molar-refractivity contribution < 1.29 is 24.2 Å². The van der Waals surface area contributed by atoms with Crippen LogP contribution in [0.25, 0.3) is 0 Å². The predicted molar refractivity (Wildman–Crippen MR) is 82.5 cm³/mol. The van der Waals surface area contributed by atoms with E-state index in [1.54, 1.807) is 10.3 Å². The fourth-order valence-corrected chi connectivity index (χ4v) is 2.62. The van der Waals surface area contributed by atoms with Crippen molar-refractivity contribution in [2.75, 3.05) is 38.2 Å². The van der Waals surface area contributed by atoms with Crippen LogP contribution in [0.4, 0.5) is 9.93 Å². The highest BCUT2D eigenvalue weighted by molar-refractivity contribution is 7.13. The van der Waals surface area contributed by atoms with Crippen LogP contribution in [0.2, 0.25) is 0 Å². The standard InChI is InChI=1S/C13H18N4O5S/c18-10(14-2-1-11(19)20)7-9-8-23-12(15-9)16-13(21)17-3-5-22-6-4-17/h8H,1-7H2,(H,14,18)(H,19,20)(H,15,16,21). The van der Waals surface area contributed by atoms with Gasteiger partial charge in [-0.2, -0.15) is 0 Å². The highest BCUT2D eigenvalue weighted by Gasteiger charge is 2.18. The summed E-state index contributed by atoms with van der Waals surface area (Å²) in [6, 6.07) is -0.236. The third-order valence-electron chi connectivity index (χ3n) is 3.07. The Hall–Kier alpha value is -2.20. The normalized spacial score (nSPS) is 14.3. The van der Waals surface area contributed by atoms with E-state index in [1.165, 1.54) is 11.3 Å². The van der Waals surface area contributed by atoms with Crippen molar-refractivity contribution in [3.63, 3.8) is 0 Å². The first-order valence-corrected chi connectivity index (χ1v) is 7.99. The van der Waals surface area contributed by atoms with E-state index in [1.807, 2.05) is 0 Å². The van der Waals surface area contributed by atoms with Gasteiger partial charge in [0.2, 0.25) is 5.91 Å². The maximum atomic E-state index is 12.0. The molecule has 3 amide bonds. The molecular formula is C13H18N4O5S. The number of carbonyl (C=O) groups excluding carboxylic acids is 2. The molecule has 0 unspecified atom stereocenters. The summed E-state index contributed by atoms with van der Waals surface area (Å²) < 4.78 is 5.18. The first-order chi connectivity index (χ1) is 11.0. The number of aliphatic carboxylic acids is 1. The number of thiazole rings is 1. The topological polar surface area (TPSA) is 121 Å². The lowest BCUT2D eigenvalue weighted by Crippen LogP contribution is -2.43. The number of morpholine rings is 1. The van der Waals surface area contributed by atoms with Crippen molar-refractivity contribution in [2.45, 2.75) is 12.8 Å². The van der Waals surface area contributed by atoms with Crippen LogP contribution in [-0.4, -0.2) is 65.7 Å². The molecule has 126 valence electrons. The summed E-state index contributed by atoms with van der Waals surface area (Å²) in [4.78, 5) is 39.8. The molecule has 1 aliphatic rings. The maximum absolute atomic E-state index is 12.0. The smallest absolute Gasteiger partial charge is 0.323 e. The Bertz CT molecular complexity index is 570. The summed E-state index contributed by atoms with van der Waals surface area (Å²) in [5, 5.41) is 15.8. The molecule has 0 aromatic carbocycles. The Kier molecular flexibility index (Phi) is 6.29. The summed E-state index contributed by atoms with van der Waals surface area (Å²) in [6.45, 7) is 2.20. The SMILES string of the molecule is O=C(O)CCNC(=O)Cc1csc(NC(=O)N2CCOCC2)n1. The fourth-order valence-electron chi connectivity index (χ4n) is 1.92. The number of amides is 3. The van der Waals surface area contributed by atoms with E-state index in [-0.39, 0.29) is 31.3 Å². The van der Waals surface area contributed by atoms with Crippen molar-refractivity contribution in [1.82, 2.24) is 15.2 Å². The lowest BCUT2D eigenvalue weighted by molar-refractivity contribution is -0.136. The first-order valence-electron chi connectivity index (χ1n) is 7.11. The average molecular weight is 342 g/mol. The molecule has 1 fully saturated rings. The van der Waals surface area contributed by atoms with Gasteiger partial charge in [0, 0.05) is 25.0 Å². The number of carboxylic acid groups (broad SMARTS) is 1. The number of hydrogen-bond donors (Lipinski definition) is 3. The molecule has 0 saturated carbocycles. The van der Waals surface area contributed by atoms with Gasteiger partial charge in [-0.1, -0.05) is 0 Å². The Labute approximate surface area is 136 Å². The van der Waals surface area contributed by atoms with E-state index in [0.717, 1.165) is 0 Å². The van der Waals surface area contributed by atoms with Gasteiger partial charge in [-0.25, -0.2) is 9.78 Å². The van der Waals surface area contributed by atoms with Crippen LogP contribution in [0, 0.1) is 0 Å². The summed E-state index contributed by atoms with van der Waals surface area (Å²) in [7, 11) is 0. The minimum atomic E-state index is -0.966. The molecule has 9 nitrogen and oxygen atoms in total. The molecule has 0 atom stereocenters. The summed E-state index contributed by atoms with van der Waals surface area (Å²) >= 11 is 1.24. The lowest BCUT2D eigenvalue weighted by Gasteiger charge is -2.26. The summed E-state index contributed by atoms with van der Waals surface area (Å²) in [5.41, 5.74) is 0.528. The second-order valence-electron chi connectivity index (χ2n) is 4.84. The molecule has 2 rings (SSSR count). The largest absolute Gasteiger partial charge is 0.481 e. The summed E-state index contributed by atoms with van der Waals surface area (Å²) in [5.74, 6) is -1.27. The van der Waals surface area contributed by atoms with E-state index in [2.05, 4.69) is 15.6 Å². The van der Waals surface area contributed by atoms with Crippen molar-refractivity contribution in [3.05, 3.63) is 11.1 Å². The van der Waals surface area contributed by atoms with Gasteiger partial charge in [0.05, 0.1) is 31.7 Å². The number of aromatic nitrogens is 1. The summed E-state index contributed by atoms with van der Waals surface area (Å²) in [6.07, 6.45) is -0.0762. The van der Waals surface area contributed by atoms with Crippen LogP contribution in [0.5, 0.6) is 0 Å². The number of anilines is 1. The third kappa shape index (κ3) is 5.83. The number of carbonyl (C=O) groups is 3. The molecule has 0 aliphatic carbocycles. The maximum Gasteiger partial charge on any atom is 0.323 e. The molecule has 23 heavy (non-hydrogen) atoms. The monoisotopic (exact) mass is 342 g/mol. The molecule has 1 saturated heterocycles. The van der Waals surface area contributed by atoms with Crippen molar-refractivity contribution >= 4 is 34.4 Å². The quantitative estimate of drug-likeness (QED) is 0.676. The van der Waals surface area contributed by atoms with Crippen LogP contribution in [0.1, 0.15) is 12.1 Å². The molecule has 1 aromatic heterocycles. The Morgan fingerprint density at radius 1 is 1.35 bits per heavy atom. The Balaban J connectivity index is 1.77. The Morgan fingerprint density at radius 3 is 2.78 bits per heavy atom. The van der Waals surface area contributed by atoms with Crippen LogP contribution in [-0.2, 0) is 20.7 Å². The highest BCUT2D eigenvalue weighted by atomic mass is 32.1. The minimum absolute atomic E-state index is 0.0452. The van der Waals surface area contributed by atoms with Gasteiger partial charge in [-0.3, -0.25) is 14.9 Å². The number of ether oxygens (including phenoxy) is 1. The second-order valence-corrected chi connectivity index (χ2v) is 5.70. The van der Waals surface area contributed by atoms with Crippen molar-refractivity contribution in [2.24, 2.45) is 0 Å². The molecule has 2 heterocycles. The van der Waals surface area contributed by atoms with E-state index in [4.69, 9.17) is 9.84 Å². The van der Waals surface area contributed by atoms with Gasteiger partial charge >= 0.3 is 12.0 Å². The number of hydrogen-bond acceptors (Lipinski definition) is 6. The fraction of sp³-hybridized carbons (Fsp3) is 0.538. The van der Waals surface area contributed by atoms with Crippen LogP contribution in [0.3, 0.4) is 0 Å². The zero-order valence-corrected chi connectivity index (χ0v) is 13.2. The average Bonchev–Trinajstić information content (AvgIpc) is 2.94. The van der Waals surface area contributed by atoms with Crippen LogP contribution < -0.4 is 10.6 Å². The predicted octanol–water partition coefficient (Wildman–Crippen LogP) is 0.141. The lowest BCUT2D eigenvalue weighted by atomic mass is 10.3. The van der Waals surface area contributed by atoms with Gasteiger partial charge in [0.15, 0.2) is 5.13 Å². The minimum Gasteiger partial charge on any atom is -0.481 e. The van der Waals surface area contributed by atoms with Crippen molar-refractivity contribution in [1.29, 1.82) is 0 Å². The number of nitrogens with one attached hydrogen (secondary N) is 2. The van der Waals surface area contributed by atoms with Gasteiger partial charge in [0.1, 0.15) is 0 Å². The molecule has 1 aromatic rings. The van der Waals surface area contributed by atoms with Crippen LogP contribution >= 0.6 is 11.3 Å². The van der Waals surface area contributed by atoms with E-state index in [9.17, 15) is 14.4 Å². The number of nitrogens with zero attached hydrogens (tertiary/aromatic N) is 2. The first kappa shape index (κ1) is 17.2. The molecule has 10 heteroatoms. The highest BCUT2D eigenvalue weighted by Crippen LogP contribution is 2.16. The number of carboxylic acids is 1. The molecule has 0 radical (unpaired) electrons. The van der Waals surface area contributed by atoms with Gasteiger partial charge in [-0.05, 0) is 0 Å². The molecule has 3 N–H and O–H groups in total.